The van der Waals surface area contributed by atoms with Crippen LogP contribution in [0.4, 0.5) is 0 Å². The van der Waals surface area contributed by atoms with E-state index in [1.54, 1.807) is 32.1 Å². The van der Waals surface area contributed by atoms with E-state index in [1.165, 1.54) is 5.57 Å². The Balaban J connectivity index is 0.000000502. The Morgan fingerprint density at radius 1 is 1.18 bits per heavy atom. The second-order valence-corrected chi connectivity index (χ2v) is 10.8. The summed E-state index contributed by atoms with van der Waals surface area (Å²) in [7, 11) is 0. The van der Waals surface area contributed by atoms with E-state index in [-0.39, 0.29) is 5.78 Å². The zero-order chi connectivity index (χ0) is 25.0. The molecule has 186 valence electrons. The van der Waals surface area contributed by atoms with E-state index in [2.05, 4.69) is 30.3 Å². The largest absolute Gasteiger partial charge is 0.465 e. The fourth-order valence-corrected chi connectivity index (χ4v) is 4.40. The van der Waals surface area contributed by atoms with Crippen molar-refractivity contribution in [1.82, 2.24) is 4.98 Å². The topological polar surface area (TPSA) is 76.5 Å². The lowest BCUT2D eigenvalue weighted by Gasteiger charge is -2.32. The van der Waals surface area contributed by atoms with Gasteiger partial charge in [0.2, 0.25) is 0 Å². The summed E-state index contributed by atoms with van der Waals surface area (Å²) >= 11 is 1.68. The molecule has 1 aromatic rings. The van der Waals surface area contributed by atoms with Crippen molar-refractivity contribution in [3.8, 4) is 0 Å². The zero-order valence-electron chi connectivity index (χ0n) is 21.5. The van der Waals surface area contributed by atoms with Crippen molar-refractivity contribution in [3.05, 3.63) is 33.8 Å². The molecule has 0 spiro atoms. The number of aliphatic hydroxyl groups excluding tert-OH is 1. The Labute approximate surface area is 204 Å². The molecule has 0 radical (unpaired) electrons. The maximum atomic E-state index is 12.6. The third-order valence-electron chi connectivity index (χ3n) is 6.26. The van der Waals surface area contributed by atoms with Crippen molar-refractivity contribution in [2.45, 2.75) is 93.1 Å². The number of carbonyl (C=O) groups is 2. The maximum Gasteiger partial charge on any atom is 0.311 e. The van der Waals surface area contributed by atoms with Gasteiger partial charge in [-0.1, -0.05) is 44.9 Å². The van der Waals surface area contributed by atoms with Crippen LogP contribution in [0.5, 0.6) is 0 Å². The highest BCUT2D eigenvalue weighted by Crippen LogP contribution is 2.31. The highest BCUT2D eigenvalue weighted by molar-refractivity contribution is 7.09. The number of ketones is 1. The molecule has 3 unspecified atom stereocenters. The van der Waals surface area contributed by atoms with Crippen molar-refractivity contribution in [2.75, 3.05) is 6.61 Å². The minimum absolute atomic E-state index is 0.0182. The van der Waals surface area contributed by atoms with E-state index < -0.39 is 23.4 Å². The Hall–Kier alpha value is -1.79. The molecule has 3 atom stereocenters. The van der Waals surface area contributed by atoms with E-state index >= 15 is 0 Å². The van der Waals surface area contributed by atoms with Crippen LogP contribution in [0.3, 0.4) is 0 Å². The summed E-state index contributed by atoms with van der Waals surface area (Å²) in [6, 6.07) is 0. The number of aliphatic hydroxyl groups is 1. The molecule has 0 aliphatic carbocycles. The molecule has 1 aliphatic rings. The summed E-state index contributed by atoms with van der Waals surface area (Å²) < 4.78 is 5.26. The van der Waals surface area contributed by atoms with E-state index in [0.29, 0.717) is 25.4 Å². The lowest BCUT2D eigenvalue weighted by atomic mass is 9.75. The van der Waals surface area contributed by atoms with Gasteiger partial charge in [-0.05, 0) is 65.4 Å². The fraction of sp³-hybridized carbons (Fsp3) is 0.667. The molecule has 0 amide bonds. The second kappa shape index (κ2) is 14.5. The number of carbonyl (C=O) groups excluding carboxylic acids is 2. The predicted octanol–water partition coefficient (Wildman–Crippen LogP) is 6.54. The first kappa shape index (κ1) is 29.2. The summed E-state index contributed by atoms with van der Waals surface area (Å²) in [6.45, 7) is 13.7. The number of Topliss-reactive ketones (excluding diaryl/α,β-unsaturated/α-hetero) is 1. The van der Waals surface area contributed by atoms with Crippen molar-refractivity contribution >= 4 is 29.2 Å². The van der Waals surface area contributed by atoms with Crippen LogP contribution in [-0.4, -0.2) is 34.6 Å². The van der Waals surface area contributed by atoms with Gasteiger partial charge >= 0.3 is 5.97 Å². The Bertz CT molecular complexity index is 809. The SMILES string of the molecule is C/C1=C/CCOC(=O)C(C)C(O)C(C)(C)C(=O)CCC(C)CCC1.C/C=C\c1csc(C)n1. The quantitative estimate of drug-likeness (QED) is 0.367. The van der Waals surface area contributed by atoms with Crippen LogP contribution in [0.25, 0.3) is 6.08 Å². The van der Waals surface area contributed by atoms with Crippen molar-refractivity contribution < 1.29 is 19.4 Å². The summed E-state index contributed by atoms with van der Waals surface area (Å²) in [6.07, 6.45) is 10.3. The van der Waals surface area contributed by atoms with Crippen LogP contribution in [0.1, 0.15) is 90.8 Å². The average Bonchev–Trinajstić information content (AvgIpc) is 3.18. The first-order chi connectivity index (χ1) is 15.5. The molecule has 0 saturated carbocycles. The third kappa shape index (κ3) is 10.3. The molecule has 0 bridgehead atoms. The number of allylic oxidation sites excluding steroid dienone is 2. The lowest BCUT2D eigenvalue weighted by Crippen LogP contribution is -2.44. The van der Waals surface area contributed by atoms with Crippen LogP contribution >= 0.6 is 11.3 Å². The van der Waals surface area contributed by atoms with E-state index in [0.717, 1.165) is 36.4 Å². The van der Waals surface area contributed by atoms with Crippen molar-refractivity contribution in [3.63, 3.8) is 0 Å². The number of hydrogen-bond donors (Lipinski definition) is 1. The van der Waals surface area contributed by atoms with Gasteiger partial charge in [-0.2, -0.15) is 0 Å². The number of esters is 1. The van der Waals surface area contributed by atoms with Gasteiger partial charge < -0.3 is 9.84 Å². The first-order valence-corrected chi connectivity index (χ1v) is 12.9. The number of aryl methyl sites for hydroxylation is 1. The van der Waals surface area contributed by atoms with Gasteiger partial charge in [0.05, 0.1) is 34.7 Å². The minimum atomic E-state index is -1.03. The fourth-order valence-electron chi connectivity index (χ4n) is 3.82. The van der Waals surface area contributed by atoms with E-state index in [4.69, 9.17) is 4.74 Å². The molecule has 2 rings (SSSR count). The molecule has 0 aromatic carbocycles. The summed E-state index contributed by atoms with van der Waals surface area (Å²) in [5.74, 6) is -0.635. The Morgan fingerprint density at radius 3 is 2.48 bits per heavy atom. The van der Waals surface area contributed by atoms with Crippen LogP contribution in [-0.2, 0) is 14.3 Å². The van der Waals surface area contributed by atoms with Gasteiger partial charge in [0.25, 0.3) is 0 Å². The number of thiazole rings is 1. The smallest absolute Gasteiger partial charge is 0.311 e. The van der Waals surface area contributed by atoms with Gasteiger partial charge in [-0.25, -0.2) is 4.98 Å². The minimum Gasteiger partial charge on any atom is -0.465 e. The standard InChI is InChI=1S/C20H34O4.C7H9NS/c1-14-8-6-9-15(2)11-12-17(21)20(4,5)18(22)16(3)19(23)24-13-7-10-14;1-3-4-7-5-9-6(2)8-7/h10,15-16,18,22H,6-9,11-13H2,1-5H3;3-5H,1-2H3/b14-10-;4-3-. The Morgan fingerprint density at radius 2 is 1.88 bits per heavy atom. The molecule has 6 heteroatoms. The van der Waals surface area contributed by atoms with Gasteiger partial charge in [-0.15, -0.1) is 11.3 Å². The number of nitrogens with zero attached hydrogens (tertiary/aromatic N) is 1. The van der Waals surface area contributed by atoms with Gasteiger partial charge in [0.15, 0.2) is 0 Å². The molecular weight excluding hydrogens is 434 g/mol. The second-order valence-electron chi connectivity index (χ2n) is 9.71. The van der Waals surface area contributed by atoms with Crippen LogP contribution in [0.15, 0.2) is 23.1 Å². The first-order valence-electron chi connectivity index (χ1n) is 12.1. The van der Waals surface area contributed by atoms with E-state index in [9.17, 15) is 14.7 Å². The van der Waals surface area contributed by atoms with Crippen LogP contribution < -0.4 is 0 Å². The molecular formula is C27H43NO4S. The highest BCUT2D eigenvalue weighted by atomic mass is 32.1. The Kier molecular flexibility index (Phi) is 12.8. The molecule has 1 aromatic heterocycles. The summed E-state index contributed by atoms with van der Waals surface area (Å²) in [5.41, 5.74) is 1.45. The van der Waals surface area contributed by atoms with Crippen LogP contribution in [0, 0.1) is 24.2 Å². The predicted molar refractivity (Wildman–Crippen MR) is 137 cm³/mol. The normalized spacial score (nSPS) is 27.3. The van der Waals surface area contributed by atoms with Crippen LogP contribution in [0.2, 0.25) is 0 Å². The number of hydrogen-bond acceptors (Lipinski definition) is 6. The number of ether oxygens (including phenoxy) is 1. The number of rotatable bonds is 1. The third-order valence-corrected chi connectivity index (χ3v) is 7.06. The monoisotopic (exact) mass is 477 g/mol. The molecule has 0 fully saturated rings. The molecule has 1 aliphatic heterocycles. The molecule has 5 nitrogen and oxygen atoms in total. The zero-order valence-corrected chi connectivity index (χ0v) is 22.3. The maximum absolute atomic E-state index is 12.6. The molecule has 1 N–H and O–H groups in total. The van der Waals surface area contributed by atoms with Gasteiger partial charge in [0.1, 0.15) is 5.78 Å². The lowest BCUT2D eigenvalue weighted by molar-refractivity contribution is -0.156. The molecule has 2 heterocycles. The summed E-state index contributed by atoms with van der Waals surface area (Å²) in [4.78, 5) is 28.9. The number of cyclic esters (lactones) is 1. The van der Waals surface area contributed by atoms with E-state index in [1.807, 2.05) is 26.0 Å². The number of aromatic nitrogens is 1. The van der Waals surface area contributed by atoms with Gasteiger partial charge in [0, 0.05) is 11.8 Å². The highest BCUT2D eigenvalue weighted by Gasteiger charge is 2.41. The average molecular weight is 478 g/mol. The molecule has 0 saturated heterocycles. The van der Waals surface area contributed by atoms with Crippen molar-refractivity contribution in [1.29, 1.82) is 0 Å². The van der Waals surface area contributed by atoms with Gasteiger partial charge in [-0.3, -0.25) is 9.59 Å². The van der Waals surface area contributed by atoms with Crippen molar-refractivity contribution in [2.24, 2.45) is 17.3 Å². The molecule has 33 heavy (non-hydrogen) atoms. The summed E-state index contributed by atoms with van der Waals surface area (Å²) in [5, 5.41) is 13.7.